The van der Waals surface area contributed by atoms with E-state index in [-0.39, 0.29) is 17.8 Å². The number of rotatable bonds is 1. The average Bonchev–Trinajstić information content (AvgIpc) is 2.58. The third-order valence-corrected chi connectivity index (χ3v) is 3.37. The van der Waals surface area contributed by atoms with Crippen LogP contribution in [0.25, 0.3) is 0 Å². The van der Waals surface area contributed by atoms with Gasteiger partial charge in [0.25, 0.3) is 0 Å². The van der Waals surface area contributed by atoms with Crippen molar-refractivity contribution in [2.75, 3.05) is 0 Å². The number of nitriles is 1. The van der Waals surface area contributed by atoms with Crippen molar-refractivity contribution in [2.24, 2.45) is 17.8 Å². The van der Waals surface area contributed by atoms with Gasteiger partial charge in [0.05, 0.1) is 6.07 Å². The number of carbonyl (C=O) groups excluding carboxylic acids is 1. The van der Waals surface area contributed by atoms with Gasteiger partial charge >= 0.3 is 0 Å². The van der Waals surface area contributed by atoms with E-state index in [9.17, 15) is 4.79 Å². The molecule has 0 saturated heterocycles. The van der Waals surface area contributed by atoms with Gasteiger partial charge in [-0.25, -0.2) is 0 Å². The zero-order valence-electron chi connectivity index (χ0n) is 6.40. The maximum Gasteiger partial charge on any atom is 0.138 e. The van der Waals surface area contributed by atoms with Crippen molar-refractivity contribution in [3.63, 3.8) is 0 Å². The summed E-state index contributed by atoms with van der Waals surface area (Å²) in [6.07, 6.45) is 5.46. The summed E-state index contributed by atoms with van der Waals surface area (Å²) >= 11 is 6.05. The van der Waals surface area contributed by atoms with Crippen LogP contribution >= 0.6 is 11.6 Å². The fourth-order valence-electron chi connectivity index (χ4n) is 2.23. The van der Waals surface area contributed by atoms with E-state index in [1.807, 2.05) is 12.2 Å². The highest BCUT2D eigenvalue weighted by atomic mass is 35.5. The van der Waals surface area contributed by atoms with Crippen LogP contribution in [0.5, 0.6) is 0 Å². The summed E-state index contributed by atoms with van der Waals surface area (Å²) in [4.78, 5) is 9.85. The molecule has 2 aliphatic rings. The van der Waals surface area contributed by atoms with Crippen LogP contribution in [0.4, 0.5) is 0 Å². The highest BCUT2D eigenvalue weighted by molar-refractivity contribution is 6.26. The second-order valence-corrected chi connectivity index (χ2v) is 4.14. The normalized spacial score (nSPS) is 49.2. The molecule has 0 aromatic carbocycles. The summed E-state index contributed by atoms with van der Waals surface area (Å²) in [6.45, 7) is 0. The van der Waals surface area contributed by atoms with Gasteiger partial charge in [-0.05, 0) is 12.3 Å². The van der Waals surface area contributed by atoms with Gasteiger partial charge in [-0.1, -0.05) is 12.2 Å². The first-order valence-electron chi connectivity index (χ1n) is 3.95. The Hall–Kier alpha value is -0.810. The highest BCUT2D eigenvalue weighted by Crippen LogP contribution is 2.52. The molecule has 62 valence electrons. The predicted octanol–water partition coefficient (Wildman–Crippen LogP) is 1.51. The minimum Gasteiger partial charge on any atom is -0.303 e. The van der Waals surface area contributed by atoms with Crippen molar-refractivity contribution in [1.82, 2.24) is 0 Å². The van der Waals surface area contributed by atoms with Crippen LogP contribution in [0.2, 0.25) is 0 Å². The first-order chi connectivity index (χ1) is 5.71. The third kappa shape index (κ3) is 0.776. The van der Waals surface area contributed by atoms with Crippen molar-refractivity contribution in [3.8, 4) is 6.07 Å². The maximum absolute atomic E-state index is 10.7. The molecule has 2 bridgehead atoms. The number of hydrogen-bond acceptors (Lipinski definition) is 2. The molecule has 0 aromatic rings. The molecule has 0 radical (unpaired) electrons. The second kappa shape index (κ2) is 2.34. The second-order valence-electron chi connectivity index (χ2n) is 3.47. The number of carbonyl (C=O) groups is 1. The number of allylic oxidation sites excluding steroid dienone is 2. The minimum absolute atomic E-state index is 0.0536. The molecule has 1 fully saturated rings. The average molecular weight is 182 g/mol. The van der Waals surface area contributed by atoms with Crippen LogP contribution in [0, 0.1) is 29.1 Å². The van der Waals surface area contributed by atoms with Crippen molar-refractivity contribution < 1.29 is 4.79 Å². The van der Waals surface area contributed by atoms with Crippen LogP contribution < -0.4 is 0 Å². The lowest BCUT2D eigenvalue weighted by Gasteiger charge is -2.19. The molecule has 0 aromatic heterocycles. The van der Waals surface area contributed by atoms with Crippen LogP contribution in [0.3, 0.4) is 0 Å². The molecule has 2 unspecified atom stereocenters. The lowest BCUT2D eigenvalue weighted by molar-refractivity contribution is -0.112. The summed E-state index contributed by atoms with van der Waals surface area (Å²) in [5, 5.41) is 8.83. The van der Waals surface area contributed by atoms with Gasteiger partial charge in [0.1, 0.15) is 11.2 Å². The Bertz CT molecular complexity index is 293. The monoisotopic (exact) mass is 181 g/mol. The number of alkyl halides is 1. The van der Waals surface area contributed by atoms with E-state index in [1.165, 1.54) is 0 Å². The molecule has 0 aliphatic heterocycles. The zero-order chi connectivity index (χ0) is 8.77. The molecule has 0 N–H and O–H groups in total. The van der Waals surface area contributed by atoms with Gasteiger partial charge in [-0.2, -0.15) is 5.26 Å². The quantitative estimate of drug-likeness (QED) is 0.350. The van der Waals surface area contributed by atoms with Gasteiger partial charge in [0.2, 0.25) is 0 Å². The first kappa shape index (κ1) is 7.82. The van der Waals surface area contributed by atoms with Crippen molar-refractivity contribution in [2.45, 2.75) is 11.3 Å². The molecular formula is C9H8ClNO. The molecule has 2 rings (SSSR count). The number of nitrogens with zero attached hydrogens (tertiary/aromatic N) is 1. The number of halogens is 1. The number of hydrogen-bond donors (Lipinski definition) is 0. The zero-order valence-corrected chi connectivity index (χ0v) is 7.16. The Morgan fingerprint density at radius 2 is 2.42 bits per heavy atom. The molecule has 12 heavy (non-hydrogen) atoms. The van der Waals surface area contributed by atoms with Gasteiger partial charge in [-0.3, -0.25) is 0 Å². The maximum atomic E-state index is 10.7. The molecule has 0 heterocycles. The summed E-state index contributed by atoms with van der Waals surface area (Å²) in [5.74, 6) is 0.0819. The molecule has 2 nitrogen and oxygen atoms in total. The smallest absolute Gasteiger partial charge is 0.138 e. The summed E-state index contributed by atoms with van der Waals surface area (Å²) in [6, 6.07) is 2.09. The first-order valence-corrected chi connectivity index (χ1v) is 4.33. The van der Waals surface area contributed by atoms with Crippen LogP contribution in [0.1, 0.15) is 6.42 Å². The summed E-state index contributed by atoms with van der Waals surface area (Å²) < 4.78 is 0. The molecular weight excluding hydrogens is 174 g/mol. The molecule has 0 amide bonds. The summed E-state index contributed by atoms with van der Waals surface area (Å²) in [7, 11) is 0. The fraction of sp³-hybridized carbons (Fsp3) is 0.556. The van der Waals surface area contributed by atoms with Crippen molar-refractivity contribution >= 4 is 17.9 Å². The SMILES string of the molecule is N#CC1(Cl)C[C@H]2C=C[C@@H]1C2C=O. The lowest BCUT2D eigenvalue weighted by Crippen LogP contribution is -2.26. The molecule has 1 saturated carbocycles. The Morgan fingerprint density at radius 3 is 2.83 bits per heavy atom. The van der Waals surface area contributed by atoms with Crippen LogP contribution in [-0.2, 0) is 4.79 Å². The van der Waals surface area contributed by atoms with Gasteiger partial charge < -0.3 is 4.79 Å². The predicted molar refractivity (Wildman–Crippen MR) is 44.5 cm³/mol. The molecule has 2 aliphatic carbocycles. The van der Waals surface area contributed by atoms with E-state index in [4.69, 9.17) is 16.9 Å². The topological polar surface area (TPSA) is 40.9 Å². The van der Waals surface area contributed by atoms with Gasteiger partial charge in [-0.15, -0.1) is 11.6 Å². The van der Waals surface area contributed by atoms with Crippen LogP contribution in [0.15, 0.2) is 12.2 Å². The van der Waals surface area contributed by atoms with Gasteiger partial charge in [0.15, 0.2) is 0 Å². The Labute approximate surface area is 75.8 Å². The van der Waals surface area contributed by atoms with Crippen molar-refractivity contribution in [3.05, 3.63) is 12.2 Å². The standard InChI is InChI=1S/C9H8ClNO/c10-9(5-11)3-6-1-2-8(9)7(6)4-12/h1-2,4,6-8H,3H2/t6-,7?,8-,9?/m1/s1. The van der Waals surface area contributed by atoms with E-state index >= 15 is 0 Å². The fourth-order valence-corrected chi connectivity index (χ4v) is 2.63. The van der Waals surface area contributed by atoms with Gasteiger partial charge in [0, 0.05) is 11.8 Å². The van der Waals surface area contributed by atoms with E-state index in [0.717, 1.165) is 6.29 Å². The lowest BCUT2D eigenvalue weighted by atomic mass is 9.92. The Balaban J connectivity index is 2.36. The van der Waals surface area contributed by atoms with E-state index in [1.54, 1.807) is 0 Å². The molecule has 0 spiro atoms. The van der Waals surface area contributed by atoms with E-state index in [0.29, 0.717) is 6.42 Å². The largest absolute Gasteiger partial charge is 0.303 e. The van der Waals surface area contributed by atoms with Crippen LogP contribution in [-0.4, -0.2) is 11.2 Å². The summed E-state index contributed by atoms with van der Waals surface area (Å²) in [5.41, 5.74) is 0. The Morgan fingerprint density at radius 1 is 1.67 bits per heavy atom. The number of fused-ring (bicyclic) bond motifs is 2. The molecule has 3 heteroatoms. The van der Waals surface area contributed by atoms with E-state index < -0.39 is 4.87 Å². The van der Waals surface area contributed by atoms with E-state index in [2.05, 4.69) is 6.07 Å². The Kier molecular flexibility index (Phi) is 1.52. The number of aldehydes is 1. The molecule has 4 atom stereocenters. The minimum atomic E-state index is -0.814. The van der Waals surface area contributed by atoms with Crippen molar-refractivity contribution in [1.29, 1.82) is 5.26 Å². The third-order valence-electron chi connectivity index (χ3n) is 2.88. The highest BCUT2D eigenvalue weighted by Gasteiger charge is 2.54.